The number of nitrogens with zero attached hydrogens (tertiary/aromatic N) is 1. The molecule has 0 saturated heterocycles. The van der Waals surface area contributed by atoms with Crippen LogP contribution in [0.2, 0.25) is 0 Å². The number of rotatable bonds is 5. The molecule has 32 heavy (non-hydrogen) atoms. The van der Waals surface area contributed by atoms with Crippen molar-refractivity contribution in [3.63, 3.8) is 0 Å². The normalized spacial score (nSPS) is 12.3. The number of hydrogen-bond acceptors (Lipinski definition) is 4. The lowest BCUT2D eigenvalue weighted by atomic mass is 9.91. The molecule has 6 nitrogen and oxygen atoms in total. The van der Waals surface area contributed by atoms with Crippen molar-refractivity contribution in [1.82, 2.24) is 15.6 Å². The molecule has 1 heterocycles. The lowest BCUT2D eigenvalue weighted by molar-refractivity contribution is 0.0507. The summed E-state index contributed by atoms with van der Waals surface area (Å²) in [6.07, 6.45) is -0.593. The molecule has 0 aliphatic heterocycles. The fraction of sp³-hybridized carbons (Fsp3) is 0.320. The Morgan fingerprint density at radius 2 is 1.81 bits per heavy atom. The first-order valence-electron chi connectivity index (χ1n) is 10.6. The summed E-state index contributed by atoms with van der Waals surface area (Å²) in [4.78, 5) is 30.3. The Kier molecular flexibility index (Phi) is 6.77. The third kappa shape index (κ3) is 5.22. The molecule has 0 saturated carbocycles. The summed E-state index contributed by atoms with van der Waals surface area (Å²) in [6, 6.07) is 12.8. The van der Waals surface area contributed by atoms with E-state index in [2.05, 4.69) is 10.6 Å². The highest BCUT2D eigenvalue weighted by atomic mass is 19.1. The highest BCUT2D eigenvalue weighted by Gasteiger charge is 2.26. The van der Waals surface area contributed by atoms with E-state index < -0.39 is 23.6 Å². The number of ether oxygens (including phenoxy) is 1. The maximum Gasteiger partial charge on any atom is 0.408 e. The van der Waals surface area contributed by atoms with Crippen LogP contribution in [0.3, 0.4) is 0 Å². The van der Waals surface area contributed by atoms with Crippen molar-refractivity contribution >= 4 is 22.9 Å². The molecule has 7 heteroatoms. The van der Waals surface area contributed by atoms with Gasteiger partial charge in [0.05, 0.1) is 22.8 Å². The smallest absolute Gasteiger partial charge is 0.408 e. The van der Waals surface area contributed by atoms with Gasteiger partial charge in [-0.3, -0.25) is 4.79 Å². The Morgan fingerprint density at radius 3 is 2.44 bits per heavy atom. The minimum Gasteiger partial charge on any atom is -0.444 e. The topological polar surface area (TPSA) is 80.3 Å². The molecule has 0 aliphatic carbocycles. The van der Waals surface area contributed by atoms with Crippen LogP contribution in [-0.2, 0) is 4.74 Å². The van der Waals surface area contributed by atoms with Gasteiger partial charge in [-0.05, 0) is 58.4 Å². The second-order valence-electron chi connectivity index (χ2n) is 8.50. The molecular weight excluding hydrogens is 409 g/mol. The van der Waals surface area contributed by atoms with Crippen LogP contribution in [0.15, 0.2) is 48.5 Å². The summed E-state index contributed by atoms with van der Waals surface area (Å²) in [5, 5.41) is 6.03. The minimum atomic E-state index is -0.660. The van der Waals surface area contributed by atoms with Crippen molar-refractivity contribution in [1.29, 1.82) is 0 Å². The third-order valence-corrected chi connectivity index (χ3v) is 4.75. The highest BCUT2D eigenvalue weighted by Crippen LogP contribution is 2.35. The van der Waals surface area contributed by atoms with Crippen LogP contribution in [0.4, 0.5) is 9.18 Å². The number of pyridine rings is 1. The lowest BCUT2D eigenvalue weighted by Gasteiger charge is -2.24. The Hall–Kier alpha value is -3.48. The summed E-state index contributed by atoms with van der Waals surface area (Å²) < 4.78 is 19.5. The molecule has 3 aromatic rings. The zero-order chi connectivity index (χ0) is 23.5. The molecular formula is C25H28FN3O3. The molecule has 168 valence electrons. The largest absolute Gasteiger partial charge is 0.444 e. The van der Waals surface area contributed by atoms with Gasteiger partial charge in [0.2, 0.25) is 0 Å². The molecule has 2 aromatic carbocycles. The first-order valence-corrected chi connectivity index (χ1v) is 10.6. The van der Waals surface area contributed by atoms with Crippen LogP contribution in [0, 0.1) is 5.82 Å². The van der Waals surface area contributed by atoms with Crippen molar-refractivity contribution in [3.05, 3.63) is 65.6 Å². The van der Waals surface area contributed by atoms with E-state index in [1.54, 1.807) is 27.7 Å². The summed E-state index contributed by atoms with van der Waals surface area (Å²) in [7, 11) is 0. The fourth-order valence-corrected chi connectivity index (χ4v) is 3.50. The van der Waals surface area contributed by atoms with E-state index in [0.717, 1.165) is 5.56 Å². The number of halogens is 1. The van der Waals surface area contributed by atoms with Gasteiger partial charge in [0.15, 0.2) is 0 Å². The van der Waals surface area contributed by atoms with Crippen molar-refractivity contribution in [2.24, 2.45) is 0 Å². The van der Waals surface area contributed by atoms with Crippen molar-refractivity contribution in [3.8, 4) is 11.1 Å². The Balaban J connectivity index is 2.26. The zero-order valence-electron chi connectivity index (χ0n) is 19.0. The molecule has 2 amide bonds. The third-order valence-electron chi connectivity index (χ3n) is 4.75. The minimum absolute atomic E-state index is 0.315. The first-order chi connectivity index (χ1) is 15.1. The van der Waals surface area contributed by atoms with Gasteiger partial charge in [-0.25, -0.2) is 14.2 Å². The maximum atomic E-state index is 14.2. The lowest BCUT2D eigenvalue weighted by Crippen LogP contribution is -2.34. The molecule has 2 N–H and O–H groups in total. The van der Waals surface area contributed by atoms with Gasteiger partial charge in [0, 0.05) is 17.5 Å². The quantitative estimate of drug-likeness (QED) is 0.562. The molecule has 0 unspecified atom stereocenters. The molecule has 1 aromatic heterocycles. The van der Waals surface area contributed by atoms with Crippen LogP contribution in [0.5, 0.6) is 0 Å². The van der Waals surface area contributed by atoms with Gasteiger partial charge in [0.1, 0.15) is 11.4 Å². The van der Waals surface area contributed by atoms with Crippen LogP contribution in [0.1, 0.15) is 56.7 Å². The fourth-order valence-electron chi connectivity index (χ4n) is 3.50. The second-order valence-corrected chi connectivity index (χ2v) is 8.50. The summed E-state index contributed by atoms with van der Waals surface area (Å²) >= 11 is 0. The van der Waals surface area contributed by atoms with Gasteiger partial charge >= 0.3 is 6.09 Å². The van der Waals surface area contributed by atoms with E-state index in [1.807, 2.05) is 37.3 Å². The molecule has 3 rings (SSSR count). The predicted molar refractivity (Wildman–Crippen MR) is 123 cm³/mol. The zero-order valence-corrected chi connectivity index (χ0v) is 19.0. The number of aromatic nitrogens is 1. The monoisotopic (exact) mass is 437 g/mol. The van der Waals surface area contributed by atoms with E-state index in [-0.39, 0.29) is 5.91 Å². The summed E-state index contributed by atoms with van der Waals surface area (Å²) in [6.45, 7) is 9.34. The van der Waals surface area contributed by atoms with Gasteiger partial charge in [-0.15, -0.1) is 0 Å². The van der Waals surface area contributed by atoms with Crippen LogP contribution >= 0.6 is 0 Å². The standard InChI is InChI=1S/C25H28FN3O3/c1-6-27-23(30)21-18-14-17(26)12-13-19(18)29-22(20(21)16-10-8-7-9-11-16)15(2)28-24(31)32-25(3,4)5/h7-15H,6H2,1-5H3,(H,27,30)(H,28,31)/t15-/m0/s1. The number of carbonyl (C=O) groups excluding carboxylic acids is 2. The van der Waals surface area contributed by atoms with Crippen molar-refractivity contribution in [2.75, 3.05) is 6.54 Å². The van der Waals surface area contributed by atoms with E-state index in [1.165, 1.54) is 18.2 Å². The van der Waals surface area contributed by atoms with Crippen molar-refractivity contribution < 1.29 is 18.7 Å². The summed E-state index contributed by atoms with van der Waals surface area (Å²) in [5.41, 5.74) is 1.88. The number of amides is 2. The highest BCUT2D eigenvalue weighted by molar-refractivity contribution is 6.12. The second kappa shape index (κ2) is 9.34. The van der Waals surface area contributed by atoms with Gasteiger partial charge < -0.3 is 15.4 Å². The number of hydrogen-bond donors (Lipinski definition) is 2. The predicted octanol–water partition coefficient (Wildman–Crippen LogP) is 5.38. The molecule has 1 atom stereocenters. The molecule has 0 bridgehead atoms. The Bertz CT molecular complexity index is 1140. The van der Waals surface area contributed by atoms with E-state index >= 15 is 0 Å². The van der Waals surface area contributed by atoms with Gasteiger partial charge in [-0.2, -0.15) is 0 Å². The molecule has 0 radical (unpaired) electrons. The van der Waals surface area contributed by atoms with Crippen LogP contribution in [-0.4, -0.2) is 29.1 Å². The number of nitrogens with one attached hydrogen (secondary N) is 2. The average molecular weight is 438 g/mol. The van der Waals surface area contributed by atoms with Crippen molar-refractivity contribution in [2.45, 2.75) is 46.3 Å². The Labute approximate surface area is 187 Å². The number of carbonyl (C=O) groups is 2. The molecule has 0 spiro atoms. The SMILES string of the molecule is CCNC(=O)c1c(-c2ccccc2)c([C@H](C)NC(=O)OC(C)(C)C)nc2ccc(F)cc12. The number of benzene rings is 2. The number of alkyl carbamates (subject to hydrolysis) is 1. The van der Waals surface area contributed by atoms with Gasteiger partial charge in [-0.1, -0.05) is 30.3 Å². The Morgan fingerprint density at radius 1 is 1.12 bits per heavy atom. The van der Waals surface area contributed by atoms with Crippen LogP contribution < -0.4 is 10.6 Å². The maximum absolute atomic E-state index is 14.2. The number of fused-ring (bicyclic) bond motifs is 1. The van der Waals surface area contributed by atoms with E-state index in [4.69, 9.17) is 9.72 Å². The first kappa shape index (κ1) is 23.2. The molecule has 0 fully saturated rings. The summed E-state index contributed by atoms with van der Waals surface area (Å²) in [5.74, 6) is -0.799. The van der Waals surface area contributed by atoms with E-state index in [0.29, 0.717) is 34.3 Å². The van der Waals surface area contributed by atoms with Crippen LogP contribution in [0.25, 0.3) is 22.0 Å². The van der Waals surface area contributed by atoms with Gasteiger partial charge in [0.25, 0.3) is 5.91 Å². The van der Waals surface area contributed by atoms with E-state index in [9.17, 15) is 14.0 Å². The average Bonchev–Trinajstić information content (AvgIpc) is 2.71. The molecule has 0 aliphatic rings.